The molecule has 0 aromatic heterocycles. The lowest BCUT2D eigenvalue weighted by Gasteiger charge is -2.49. The summed E-state index contributed by atoms with van der Waals surface area (Å²) >= 11 is 0. The zero-order chi connectivity index (χ0) is 9.95. The molecule has 0 unspecified atom stereocenters. The van der Waals surface area contributed by atoms with Gasteiger partial charge in [-0.05, 0) is 52.4 Å². The van der Waals surface area contributed by atoms with E-state index in [2.05, 4.69) is 13.8 Å². The Morgan fingerprint density at radius 2 is 1.08 bits per heavy atom. The molecule has 1 heteroatoms. The molecule has 0 aromatic carbocycles. The Morgan fingerprint density at radius 1 is 0.769 bits per heavy atom. The van der Waals surface area contributed by atoms with Crippen LogP contribution in [0.25, 0.3) is 0 Å². The first kappa shape index (κ1) is 11.0. The number of hydrogen-bond donors (Lipinski definition) is 0. The van der Waals surface area contributed by atoms with Gasteiger partial charge >= 0.3 is 0 Å². The van der Waals surface area contributed by atoms with E-state index in [9.17, 15) is 0 Å². The van der Waals surface area contributed by atoms with E-state index in [0.29, 0.717) is 0 Å². The lowest BCUT2D eigenvalue weighted by Crippen LogP contribution is -2.48. The van der Waals surface area contributed by atoms with Gasteiger partial charge < -0.3 is 4.74 Å². The van der Waals surface area contributed by atoms with Crippen LogP contribution >= 0.6 is 0 Å². The van der Waals surface area contributed by atoms with Gasteiger partial charge in [-0.25, -0.2) is 0 Å². The second kappa shape index (κ2) is 4.00. The molecule has 13 heavy (non-hydrogen) atoms. The van der Waals surface area contributed by atoms with Crippen LogP contribution in [0.4, 0.5) is 0 Å². The molecule has 0 aliphatic carbocycles. The quantitative estimate of drug-likeness (QED) is 0.554. The van der Waals surface area contributed by atoms with Gasteiger partial charge in [0.05, 0.1) is 11.2 Å². The Balaban J connectivity index is 0.000000396. The summed E-state index contributed by atoms with van der Waals surface area (Å²) in [5.41, 5.74) is 0.483. The Labute approximate surface area is 82.9 Å². The highest BCUT2D eigenvalue weighted by molar-refractivity contribution is 4.93. The van der Waals surface area contributed by atoms with E-state index in [-0.39, 0.29) is 11.2 Å². The molecule has 2 aliphatic rings. The highest BCUT2D eigenvalue weighted by atomic mass is 16.5. The van der Waals surface area contributed by atoms with Crippen molar-refractivity contribution in [3.63, 3.8) is 0 Å². The second-order valence-electron chi connectivity index (χ2n) is 4.71. The van der Waals surface area contributed by atoms with E-state index in [1.165, 1.54) is 38.5 Å². The van der Waals surface area contributed by atoms with Gasteiger partial charge in [-0.3, -0.25) is 0 Å². The smallest absolute Gasteiger partial charge is 0.0662 e. The summed E-state index contributed by atoms with van der Waals surface area (Å²) in [6, 6.07) is 0. The van der Waals surface area contributed by atoms with Crippen molar-refractivity contribution in [2.75, 3.05) is 0 Å². The lowest BCUT2D eigenvalue weighted by atomic mass is 9.77. The number of fused-ring (bicyclic) bond motifs is 2. The maximum absolute atomic E-state index is 6.10. The molecule has 0 saturated carbocycles. The zero-order valence-electron chi connectivity index (χ0n) is 9.65. The van der Waals surface area contributed by atoms with Crippen LogP contribution in [0.1, 0.15) is 66.2 Å². The molecule has 2 fully saturated rings. The van der Waals surface area contributed by atoms with Gasteiger partial charge in [0.2, 0.25) is 0 Å². The molecule has 2 bridgehead atoms. The van der Waals surface area contributed by atoms with Gasteiger partial charge in [-0.2, -0.15) is 0 Å². The van der Waals surface area contributed by atoms with Crippen LogP contribution in [0.15, 0.2) is 0 Å². The minimum atomic E-state index is 0.241. The standard InChI is InChI=1S/C10H18O.C2H6/c1-9-5-3-7-10(2,11-9)8-4-6-9;1-2/h3-8H2,1-2H3;1-2H3. The molecule has 2 saturated heterocycles. The van der Waals surface area contributed by atoms with Crippen LogP contribution in [0.5, 0.6) is 0 Å². The molecular formula is C12H24O. The minimum Gasteiger partial charge on any atom is -0.369 e. The summed E-state index contributed by atoms with van der Waals surface area (Å²) in [6.45, 7) is 8.56. The molecule has 0 aromatic rings. The Hall–Kier alpha value is -0.0400. The molecule has 0 atom stereocenters. The first-order valence-corrected chi connectivity index (χ1v) is 5.82. The molecule has 0 amide bonds. The van der Waals surface area contributed by atoms with E-state index in [4.69, 9.17) is 4.74 Å². The monoisotopic (exact) mass is 184 g/mol. The largest absolute Gasteiger partial charge is 0.369 e. The minimum absolute atomic E-state index is 0.241. The van der Waals surface area contributed by atoms with Crippen molar-refractivity contribution in [2.24, 2.45) is 0 Å². The van der Waals surface area contributed by atoms with Crippen LogP contribution in [0.2, 0.25) is 0 Å². The van der Waals surface area contributed by atoms with Crippen LogP contribution < -0.4 is 0 Å². The number of ether oxygens (including phenoxy) is 1. The van der Waals surface area contributed by atoms with Gasteiger partial charge in [-0.15, -0.1) is 0 Å². The van der Waals surface area contributed by atoms with Crippen molar-refractivity contribution in [3.8, 4) is 0 Å². The SMILES string of the molecule is CC.CC12CCCC(C)(CCC1)O2. The van der Waals surface area contributed by atoms with Crippen molar-refractivity contribution in [3.05, 3.63) is 0 Å². The van der Waals surface area contributed by atoms with Crippen LogP contribution in [-0.4, -0.2) is 11.2 Å². The third-order valence-electron chi connectivity index (χ3n) is 3.32. The van der Waals surface area contributed by atoms with Gasteiger partial charge in [-0.1, -0.05) is 13.8 Å². The molecule has 0 N–H and O–H groups in total. The maximum Gasteiger partial charge on any atom is 0.0662 e. The fourth-order valence-electron chi connectivity index (χ4n) is 2.72. The molecule has 2 rings (SSSR count). The van der Waals surface area contributed by atoms with E-state index in [0.717, 1.165) is 0 Å². The van der Waals surface area contributed by atoms with Crippen molar-refractivity contribution in [1.82, 2.24) is 0 Å². The van der Waals surface area contributed by atoms with Crippen LogP contribution in [0, 0.1) is 0 Å². The third kappa shape index (κ3) is 2.46. The summed E-state index contributed by atoms with van der Waals surface area (Å²) in [5, 5.41) is 0. The van der Waals surface area contributed by atoms with E-state index in [1.807, 2.05) is 13.8 Å². The fourth-order valence-corrected chi connectivity index (χ4v) is 2.72. The average Bonchev–Trinajstić information content (AvgIpc) is 2.05. The highest BCUT2D eigenvalue weighted by Gasteiger charge is 2.42. The lowest BCUT2D eigenvalue weighted by molar-refractivity contribution is -0.203. The second-order valence-corrected chi connectivity index (χ2v) is 4.71. The summed E-state index contributed by atoms with van der Waals surface area (Å²) in [4.78, 5) is 0. The van der Waals surface area contributed by atoms with E-state index in [1.54, 1.807) is 0 Å². The predicted molar refractivity (Wildman–Crippen MR) is 56.9 cm³/mol. The Bertz CT molecular complexity index is 137. The van der Waals surface area contributed by atoms with Crippen LogP contribution in [0.3, 0.4) is 0 Å². The van der Waals surface area contributed by atoms with Crippen molar-refractivity contribution >= 4 is 0 Å². The summed E-state index contributed by atoms with van der Waals surface area (Å²) in [6.07, 6.45) is 7.86. The molecule has 0 radical (unpaired) electrons. The van der Waals surface area contributed by atoms with Gasteiger partial charge in [0, 0.05) is 0 Å². The fraction of sp³-hybridized carbons (Fsp3) is 1.00. The summed E-state index contributed by atoms with van der Waals surface area (Å²) < 4.78 is 6.10. The normalized spacial score (nSPS) is 43.4. The third-order valence-corrected chi connectivity index (χ3v) is 3.32. The summed E-state index contributed by atoms with van der Waals surface area (Å²) in [7, 11) is 0. The number of rotatable bonds is 0. The molecule has 2 aliphatic heterocycles. The van der Waals surface area contributed by atoms with Crippen molar-refractivity contribution in [1.29, 1.82) is 0 Å². The maximum atomic E-state index is 6.10. The number of hydrogen-bond acceptors (Lipinski definition) is 1. The van der Waals surface area contributed by atoms with Crippen molar-refractivity contribution < 1.29 is 4.74 Å². The molecular weight excluding hydrogens is 160 g/mol. The first-order chi connectivity index (χ1) is 6.12. The van der Waals surface area contributed by atoms with E-state index < -0.39 is 0 Å². The van der Waals surface area contributed by atoms with Crippen molar-refractivity contribution in [2.45, 2.75) is 77.4 Å². The first-order valence-electron chi connectivity index (χ1n) is 5.82. The topological polar surface area (TPSA) is 9.23 Å². The summed E-state index contributed by atoms with van der Waals surface area (Å²) in [5.74, 6) is 0. The van der Waals surface area contributed by atoms with Gasteiger partial charge in [0.15, 0.2) is 0 Å². The highest BCUT2D eigenvalue weighted by Crippen LogP contribution is 2.44. The molecule has 0 spiro atoms. The molecule has 1 nitrogen and oxygen atoms in total. The van der Waals surface area contributed by atoms with Gasteiger partial charge in [0.1, 0.15) is 0 Å². The Morgan fingerprint density at radius 3 is 1.31 bits per heavy atom. The predicted octanol–water partition coefficient (Wildman–Crippen LogP) is 3.91. The molecule has 78 valence electrons. The zero-order valence-corrected chi connectivity index (χ0v) is 9.65. The average molecular weight is 184 g/mol. The Kier molecular flexibility index (Phi) is 3.39. The molecule has 2 heterocycles. The van der Waals surface area contributed by atoms with Gasteiger partial charge in [0.25, 0.3) is 0 Å². The van der Waals surface area contributed by atoms with Crippen LogP contribution in [-0.2, 0) is 4.74 Å². The van der Waals surface area contributed by atoms with E-state index >= 15 is 0 Å².